The van der Waals surface area contributed by atoms with Gasteiger partial charge >= 0.3 is 0 Å². The molecule has 4 rings (SSSR count). The zero-order valence-electron chi connectivity index (χ0n) is 13.8. The first-order valence-electron chi connectivity index (χ1n) is 8.12. The summed E-state index contributed by atoms with van der Waals surface area (Å²) >= 11 is 0. The van der Waals surface area contributed by atoms with Crippen LogP contribution >= 0.6 is 0 Å². The van der Waals surface area contributed by atoms with E-state index in [1.165, 1.54) is 10.9 Å². The third-order valence-corrected chi connectivity index (χ3v) is 4.98. The Morgan fingerprint density at radius 3 is 2.92 bits per heavy atom. The lowest BCUT2D eigenvalue weighted by atomic mass is 9.90. The zero-order chi connectivity index (χ0) is 16.8. The predicted molar refractivity (Wildman–Crippen MR) is 95.5 cm³/mol. The monoisotopic (exact) mass is 317 g/mol. The number of aromatic amines is 1. The minimum absolute atomic E-state index is 0.324. The number of benzene rings is 1. The Morgan fingerprint density at radius 2 is 2.12 bits per heavy atom. The Hall–Kier alpha value is -2.84. The molecule has 5 nitrogen and oxygen atoms in total. The van der Waals surface area contributed by atoms with E-state index in [0.717, 1.165) is 46.6 Å². The van der Waals surface area contributed by atoms with Gasteiger partial charge in [0.05, 0.1) is 5.52 Å². The number of rotatable bonds is 1. The maximum atomic E-state index is 9.69. The Bertz CT molecular complexity index is 1010. The fraction of sp³-hybridized carbons (Fsp3) is 0.263. The average Bonchev–Trinajstić information content (AvgIpc) is 2.88. The quantitative estimate of drug-likeness (QED) is 0.643. The van der Waals surface area contributed by atoms with Crippen LogP contribution in [-0.4, -0.2) is 16.5 Å². The van der Waals surface area contributed by atoms with Crippen molar-refractivity contribution < 1.29 is 0 Å². The van der Waals surface area contributed by atoms with Crippen molar-refractivity contribution in [1.29, 1.82) is 5.26 Å². The average molecular weight is 317 g/mol. The number of pyridine rings is 1. The molecule has 0 radical (unpaired) electrons. The van der Waals surface area contributed by atoms with Crippen LogP contribution in [0.25, 0.3) is 22.0 Å². The van der Waals surface area contributed by atoms with Crippen LogP contribution in [0.2, 0.25) is 0 Å². The molecule has 1 aromatic carbocycles. The van der Waals surface area contributed by atoms with Gasteiger partial charge in [0.25, 0.3) is 0 Å². The molecule has 0 aliphatic carbocycles. The summed E-state index contributed by atoms with van der Waals surface area (Å²) in [5, 5.41) is 14.3. The van der Waals surface area contributed by atoms with Gasteiger partial charge in [0, 0.05) is 47.4 Å². The summed E-state index contributed by atoms with van der Waals surface area (Å²) in [6.07, 6.45) is 0.830. The zero-order valence-corrected chi connectivity index (χ0v) is 13.8. The first kappa shape index (κ1) is 14.7. The summed E-state index contributed by atoms with van der Waals surface area (Å²) in [6.45, 7) is 5.78. The Kier molecular flexibility index (Phi) is 3.29. The molecule has 1 aliphatic rings. The van der Waals surface area contributed by atoms with Gasteiger partial charge in [0.15, 0.2) is 0 Å². The van der Waals surface area contributed by atoms with Gasteiger partial charge in [0.2, 0.25) is 0 Å². The van der Waals surface area contributed by atoms with E-state index in [9.17, 15) is 5.26 Å². The second-order valence-electron chi connectivity index (χ2n) is 6.31. The second kappa shape index (κ2) is 5.36. The van der Waals surface area contributed by atoms with E-state index in [1.807, 2.05) is 6.07 Å². The van der Waals surface area contributed by atoms with Crippen LogP contribution in [0.4, 0.5) is 5.82 Å². The maximum Gasteiger partial charge on any atom is 0.142 e. The number of hydrogen-bond acceptors (Lipinski definition) is 4. The summed E-state index contributed by atoms with van der Waals surface area (Å²) in [6, 6.07) is 8.48. The molecule has 0 atom stereocenters. The lowest BCUT2D eigenvalue weighted by molar-refractivity contribution is 0.632. The molecule has 0 amide bonds. The summed E-state index contributed by atoms with van der Waals surface area (Å²) < 4.78 is 0. The van der Waals surface area contributed by atoms with Crippen LogP contribution < -0.4 is 11.1 Å². The Balaban J connectivity index is 2.13. The first-order valence-corrected chi connectivity index (χ1v) is 8.12. The Labute approximate surface area is 140 Å². The van der Waals surface area contributed by atoms with E-state index in [0.29, 0.717) is 17.9 Å². The summed E-state index contributed by atoms with van der Waals surface area (Å²) in [5.74, 6) is 0.324. The van der Waals surface area contributed by atoms with Crippen molar-refractivity contribution >= 4 is 16.7 Å². The van der Waals surface area contributed by atoms with Crippen LogP contribution in [0.15, 0.2) is 18.2 Å². The molecule has 5 heteroatoms. The van der Waals surface area contributed by atoms with Gasteiger partial charge in [-0.3, -0.25) is 0 Å². The number of para-hydroxylation sites is 1. The molecule has 24 heavy (non-hydrogen) atoms. The maximum absolute atomic E-state index is 9.69. The highest BCUT2D eigenvalue weighted by molar-refractivity contribution is 5.99. The third kappa shape index (κ3) is 2.00. The van der Waals surface area contributed by atoms with Crippen LogP contribution in [-0.2, 0) is 13.0 Å². The van der Waals surface area contributed by atoms with E-state index in [1.54, 1.807) is 0 Å². The van der Waals surface area contributed by atoms with E-state index in [-0.39, 0.29) is 0 Å². The number of nitriles is 1. The number of H-pyrrole nitrogens is 1. The van der Waals surface area contributed by atoms with E-state index < -0.39 is 0 Å². The number of anilines is 1. The lowest BCUT2D eigenvalue weighted by Crippen LogP contribution is -2.26. The van der Waals surface area contributed by atoms with Crippen molar-refractivity contribution in [3.05, 3.63) is 46.3 Å². The van der Waals surface area contributed by atoms with Gasteiger partial charge in [-0.2, -0.15) is 5.26 Å². The lowest BCUT2D eigenvalue weighted by Gasteiger charge is -2.22. The standard InChI is InChI=1S/C19H19N5/c1-10-11(2)23-18-12(10)4-3-5-13(18)17-14(8-20)19(21)24-16-6-7-22-9-15(16)17/h3-5,22-23H,6-7,9H2,1-2H3,(H2,21,24). The number of hydrogen-bond donors (Lipinski definition) is 3. The normalized spacial score (nSPS) is 13.7. The van der Waals surface area contributed by atoms with Gasteiger partial charge in [-0.15, -0.1) is 0 Å². The Morgan fingerprint density at radius 1 is 1.29 bits per heavy atom. The van der Waals surface area contributed by atoms with Crippen molar-refractivity contribution in [2.45, 2.75) is 26.8 Å². The van der Waals surface area contributed by atoms with E-state index in [2.05, 4.69) is 47.3 Å². The minimum Gasteiger partial charge on any atom is -0.383 e. The van der Waals surface area contributed by atoms with Crippen molar-refractivity contribution in [3.8, 4) is 17.2 Å². The summed E-state index contributed by atoms with van der Waals surface area (Å²) in [4.78, 5) is 7.96. The van der Waals surface area contributed by atoms with E-state index in [4.69, 9.17) is 5.73 Å². The van der Waals surface area contributed by atoms with Crippen LogP contribution in [0.3, 0.4) is 0 Å². The smallest absolute Gasteiger partial charge is 0.142 e. The molecule has 3 aromatic rings. The highest BCUT2D eigenvalue weighted by atomic mass is 14.9. The number of nitrogens with zero attached hydrogens (tertiary/aromatic N) is 2. The highest BCUT2D eigenvalue weighted by Crippen LogP contribution is 2.38. The fourth-order valence-electron chi connectivity index (χ4n) is 3.61. The molecule has 2 aromatic heterocycles. The molecule has 120 valence electrons. The molecule has 0 spiro atoms. The van der Waals surface area contributed by atoms with Gasteiger partial charge in [-0.25, -0.2) is 4.98 Å². The molecular formula is C19H19N5. The minimum atomic E-state index is 0.324. The largest absolute Gasteiger partial charge is 0.383 e. The van der Waals surface area contributed by atoms with Crippen molar-refractivity contribution in [2.75, 3.05) is 12.3 Å². The molecule has 0 fully saturated rings. The molecular weight excluding hydrogens is 298 g/mol. The molecule has 1 aliphatic heterocycles. The number of nitrogens with one attached hydrogen (secondary N) is 2. The number of nitrogen functional groups attached to an aromatic ring is 1. The highest BCUT2D eigenvalue weighted by Gasteiger charge is 2.23. The van der Waals surface area contributed by atoms with Crippen LogP contribution in [0.5, 0.6) is 0 Å². The van der Waals surface area contributed by atoms with Gasteiger partial charge in [-0.1, -0.05) is 18.2 Å². The SMILES string of the molecule is Cc1[nH]c2c(-c3c(C#N)c(N)nc4c3CNCC4)cccc2c1C. The number of nitrogens with two attached hydrogens (primary N) is 1. The van der Waals surface area contributed by atoms with Crippen molar-refractivity contribution in [2.24, 2.45) is 0 Å². The predicted octanol–water partition coefficient (Wildman–Crippen LogP) is 2.95. The van der Waals surface area contributed by atoms with E-state index >= 15 is 0 Å². The van der Waals surface area contributed by atoms with Crippen LogP contribution in [0, 0.1) is 25.2 Å². The summed E-state index contributed by atoms with van der Waals surface area (Å²) in [5.41, 5.74) is 14.0. The van der Waals surface area contributed by atoms with Crippen molar-refractivity contribution in [3.63, 3.8) is 0 Å². The molecule has 0 saturated heterocycles. The summed E-state index contributed by atoms with van der Waals surface area (Å²) in [7, 11) is 0. The molecule has 3 heterocycles. The number of aromatic nitrogens is 2. The van der Waals surface area contributed by atoms with Crippen molar-refractivity contribution in [1.82, 2.24) is 15.3 Å². The number of aryl methyl sites for hydroxylation is 2. The van der Waals surface area contributed by atoms with Gasteiger partial charge in [-0.05, 0) is 25.0 Å². The van der Waals surface area contributed by atoms with Crippen LogP contribution in [0.1, 0.15) is 28.1 Å². The number of fused-ring (bicyclic) bond motifs is 2. The first-order chi connectivity index (χ1) is 11.6. The molecule has 0 saturated carbocycles. The van der Waals surface area contributed by atoms with Gasteiger partial charge < -0.3 is 16.0 Å². The third-order valence-electron chi connectivity index (χ3n) is 4.98. The molecule has 4 N–H and O–H groups in total. The topological polar surface area (TPSA) is 90.5 Å². The molecule has 0 unspecified atom stereocenters. The van der Waals surface area contributed by atoms with Gasteiger partial charge in [0.1, 0.15) is 17.5 Å². The fourth-order valence-corrected chi connectivity index (χ4v) is 3.61. The second-order valence-corrected chi connectivity index (χ2v) is 6.31. The molecule has 0 bridgehead atoms.